The first-order chi connectivity index (χ1) is 13.6. The van der Waals surface area contributed by atoms with Crippen molar-refractivity contribution in [2.75, 3.05) is 13.2 Å². The summed E-state index contributed by atoms with van der Waals surface area (Å²) in [5, 5.41) is 0. The van der Waals surface area contributed by atoms with E-state index in [2.05, 4.69) is 0 Å². The van der Waals surface area contributed by atoms with Crippen LogP contribution in [0.1, 0.15) is 28.2 Å². The number of rotatable bonds is 8. The molecule has 1 heterocycles. The van der Waals surface area contributed by atoms with Gasteiger partial charge < -0.3 is 14.0 Å². The van der Waals surface area contributed by atoms with E-state index >= 15 is 0 Å². The summed E-state index contributed by atoms with van der Waals surface area (Å²) in [5.41, 5.74) is 3.34. The Morgan fingerprint density at radius 3 is 2.25 bits per heavy atom. The number of carbonyl (C=O) groups excluding carboxylic acids is 2. The maximum Gasteiger partial charge on any atom is 0.309 e. The van der Waals surface area contributed by atoms with Crippen LogP contribution in [-0.4, -0.2) is 29.5 Å². The van der Waals surface area contributed by atoms with E-state index in [1.54, 1.807) is 0 Å². The molecule has 0 aliphatic carbocycles. The molecule has 1 aromatic heterocycles. The third-order valence-electron chi connectivity index (χ3n) is 4.43. The zero-order valence-electron chi connectivity index (χ0n) is 16.1. The average molecular weight is 377 g/mol. The van der Waals surface area contributed by atoms with Crippen LogP contribution in [0.2, 0.25) is 0 Å². The molecular weight excluding hydrogens is 354 g/mol. The van der Waals surface area contributed by atoms with E-state index in [9.17, 15) is 9.59 Å². The number of aromatic nitrogens is 1. The van der Waals surface area contributed by atoms with Gasteiger partial charge in [-0.1, -0.05) is 36.4 Å². The van der Waals surface area contributed by atoms with Gasteiger partial charge in [0.25, 0.3) is 0 Å². The van der Waals surface area contributed by atoms with Crippen LogP contribution in [0, 0.1) is 13.8 Å². The fraction of sp³-hybridized carbons (Fsp3) is 0.217. The van der Waals surface area contributed by atoms with Crippen molar-refractivity contribution in [1.82, 2.24) is 4.57 Å². The highest BCUT2D eigenvalue weighted by molar-refractivity contribution is 5.99. The number of hydrogen-bond donors (Lipinski definition) is 0. The van der Waals surface area contributed by atoms with E-state index in [4.69, 9.17) is 9.47 Å². The number of esters is 1. The molecule has 0 bridgehead atoms. The van der Waals surface area contributed by atoms with Crippen LogP contribution < -0.4 is 4.74 Å². The number of nitrogens with zero attached hydrogens (tertiary/aromatic N) is 1. The van der Waals surface area contributed by atoms with E-state index in [1.807, 2.05) is 85.1 Å². The molecule has 0 spiro atoms. The number of carbonyl (C=O) groups is 2. The first-order valence-corrected chi connectivity index (χ1v) is 9.17. The Morgan fingerprint density at radius 2 is 1.57 bits per heavy atom. The van der Waals surface area contributed by atoms with Gasteiger partial charge in [0.15, 0.2) is 6.61 Å². The summed E-state index contributed by atoms with van der Waals surface area (Å²) in [6.45, 7) is 3.77. The second-order valence-electron chi connectivity index (χ2n) is 6.45. The predicted octanol–water partition coefficient (Wildman–Crippen LogP) is 4.29. The molecule has 0 unspecified atom stereocenters. The number of ketones is 1. The zero-order valence-corrected chi connectivity index (χ0v) is 16.1. The van der Waals surface area contributed by atoms with Gasteiger partial charge in [-0.25, -0.2) is 0 Å². The summed E-state index contributed by atoms with van der Waals surface area (Å²) in [6, 6.07) is 20.9. The smallest absolute Gasteiger partial charge is 0.309 e. The molecule has 0 amide bonds. The third kappa shape index (κ3) is 4.68. The molecular formula is C23H23NO4. The minimum absolute atomic E-state index is 0.0885. The largest absolute Gasteiger partial charge is 0.493 e. The Morgan fingerprint density at radius 1 is 0.929 bits per heavy atom. The maximum atomic E-state index is 12.5. The van der Waals surface area contributed by atoms with Crippen molar-refractivity contribution in [2.45, 2.75) is 20.3 Å². The Labute approximate surface area is 164 Å². The number of hydrogen-bond acceptors (Lipinski definition) is 4. The molecule has 0 atom stereocenters. The summed E-state index contributed by atoms with van der Waals surface area (Å²) in [4.78, 5) is 24.4. The zero-order chi connectivity index (χ0) is 19.9. The highest BCUT2D eigenvalue weighted by Gasteiger charge is 2.18. The van der Waals surface area contributed by atoms with Crippen LogP contribution in [0.15, 0.2) is 66.7 Å². The normalized spacial score (nSPS) is 10.5. The fourth-order valence-corrected chi connectivity index (χ4v) is 3.08. The Bertz CT molecular complexity index is 945. The molecule has 5 nitrogen and oxygen atoms in total. The van der Waals surface area contributed by atoms with Crippen molar-refractivity contribution < 1.29 is 19.1 Å². The quantitative estimate of drug-likeness (QED) is 0.434. The molecule has 0 saturated heterocycles. The van der Waals surface area contributed by atoms with Crippen LogP contribution in [0.5, 0.6) is 5.75 Å². The van der Waals surface area contributed by atoms with Crippen molar-refractivity contribution >= 4 is 11.8 Å². The van der Waals surface area contributed by atoms with E-state index in [-0.39, 0.29) is 25.4 Å². The summed E-state index contributed by atoms with van der Waals surface area (Å²) in [6.07, 6.45) is 0.0885. The number of para-hydroxylation sites is 2. The molecule has 5 heteroatoms. The van der Waals surface area contributed by atoms with Gasteiger partial charge in [-0.3, -0.25) is 9.59 Å². The lowest BCUT2D eigenvalue weighted by Crippen LogP contribution is -2.16. The molecule has 3 rings (SSSR count). The fourth-order valence-electron chi connectivity index (χ4n) is 3.08. The number of ether oxygens (including phenoxy) is 2. The topological polar surface area (TPSA) is 57.5 Å². The van der Waals surface area contributed by atoms with Gasteiger partial charge in [0, 0.05) is 22.6 Å². The summed E-state index contributed by atoms with van der Waals surface area (Å²) >= 11 is 0. The van der Waals surface area contributed by atoms with Gasteiger partial charge in [0.1, 0.15) is 5.75 Å². The molecule has 0 saturated carbocycles. The van der Waals surface area contributed by atoms with Gasteiger partial charge in [-0.15, -0.1) is 0 Å². The Hall–Kier alpha value is -3.34. The van der Waals surface area contributed by atoms with Crippen LogP contribution >= 0.6 is 0 Å². The minimum atomic E-state index is -0.457. The summed E-state index contributed by atoms with van der Waals surface area (Å²) in [5.74, 6) is 0.0217. The molecule has 0 aliphatic rings. The number of Topliss-reactive ketones (excluding diaryl/α,β-unsaturated/α-hetero) is 1. The Kier molecular flexibility index (Phi) is 6.27. The molecule has 3 aromatic rings. The van der Waals surface area contributed by atoms with Crippen LogP contribution in [-0.2, 0) is 9.53 Å². The van der Waals surface area contributed by atoms with Gasteiger partial charge in [0.2, 0.25) is 5.78 Å². The van der Waals surface area contributed by atoms with Gasteiger partial charge in [-0.2, -0.15) is 0 Å². The monoisotopic (exact) mass is 377 g/mol. The minimum Gasteiger partial charge on any atom is -0.493 e. The number of aryl methyl sites for hydroxylation is 1. The van der Waals surface area contributed by atoms with Gasteiger partial charge in [-0.05, 0) is 44.2 Å². The molecule has 0 fully saturated rings. The van der Waals surface area contributed by atoms with Crippen molar-refractivity contribution in [3.8, 4) is 11.4 Å². The first-order valence-electron chi connectivity index (χ1n) is 9.17. The summed E-state index contributed by atoms with van der Waals surface area (Å²) < 4.78 is 12.6. The van der Waals surface area contributed by atoms with E-state index in [0.717, 1.165) is 17.1 Å². The van der Waals surface area contributed by atoms with Crippen LogP contribution in [0.3, 0.4) is 0 Å². The molecule has 0 aliphatic heterocycles. The highest BCUT2D eigenvalue weighted by Crippen LogP contribution is 2.21. The van der Waals surface area contributed by atoms with Crippen molar-refractivity contribution in [3.05, 3.63) is 83.7 Å². The van der Waals surface area contributed by atoms with Gasteiger partial charge in [0.05, 0.1) is 13.0 Å². The molecule has 0 N–H and O–H groups in total. The first kappa shape index (κ1) is 19.4. The van der Waals surface area contributed by atoms with Crippen molar-refractivity contribution in [3.63, 3.8) is 0 Å². The van der Waals surface area contributed by atoms with Gasteiger partial charge >= 0.3 is 5.97 Å². The second kappa shape index (κ2) is 9.04. The van der Waals surface area contributed by atoms with Crippen molar-refractivity contribution in [2.24, 2.45) is 0 Å². The second-order valence-corrected chi connectivity index (χ2v) is 6.45. The molecule has 28 heavy (non-hydrogen) atoms. The summed E-state index contributed by atoms with van der Waals surface area (Å²) in [7, 11) is 0. The lowest BCUT2D eigenvalue weighted by atomic mass is 10.1. The van der Waals surface area contributed by atoms with E-state index in [0.29, 0.717) is 11.3 Å². The lowest BCUT2D eigenvalue weighted by Gasteiger charge is -2.10. The predicted molar refractivity (Wildman–Crippen MR) is 107 cm³/mol. The van der Waals surface area contributed by atoms with Crippen LogP contribution in [0.4, 0.5) is 0 Å². The molecule has 2 aromatic carbocycles. The Balaban J connectivity index is 1.54. The third-order valence-corrected chi connectivity index (χ3v) is 4.43. The number of benzene rings is 2. The highest BCUT2D eigenvalue weighted by atomic mass is 16.5. The standard InChI is InChI=1S/C23H23NO4/c1-17-15-21(18(2)24(17)19-9-5-3-6-10-19)22(25)16-28-23(26)13-14-27-20-11-7-4-8-12-20/h3-12,15H,13-14,16H2,1-2H3. The van der Waals surface area contributed by atoms with E-state index < -0.39 is 5.97 Å². The van der Waals surface area contributed by atoms with Crippen LogP contribution in [0.25, 0.3) is 5.69 Å². The lowest BCUT2D eigenvalue weighted by molar-refractivity contribution is -0.143. The average Bonchev–Trinajstić information content (AvgIpc) is 3.02. The molecule has 0 radical (unpaired) electrons. The molecule has 144 valence electrons. The van der Waals surface area contributed by atoms with E-state index in [1.165, 1.54) is 0 Å². The maximum absolute atomic E-state index is 12.5. The van der Waals surface area contributed by atoms with Crippen molar-refractivity contribution in [1.29, 1.82) is 0 Å². The SMILES string of the molecule is Cc1cc(C(=O)COC(=O)CCOc2ccccc2)c(C)n1-c1ccccc1.